The van der Waals surface area contributed by atoms with Gasteiger partial charge in [0.25, 0.3) is 0 Å². The number of hydrogen-bond donors (Lipinski definition) is 4. The van der Waals surface area contributed by atoms with Crippen LogP contribution < -0.4 is 11.5 Å². The van der Waals surface area contributed by atoms with Gasteiger partial charge >= 0.3 is 0 Å². The smallest absolute Gasteiger partial charge is 0.198 e. The molecule has 0 radical (unpaired) electrons. The molecule has 0 fully saturated rings. The molecule has 0 aliphatic heterocycles. The highest BCUT2D eigenvalue weighted by Gasteiger charge is 2.32. The molecule has 4 heterocycles. The van der Waals surface area contributed by atoms with Crippen molar-refractivity contribution < 1.29 is 22.4 Å². The van der Waals surface area contributed by atoms with Crippen LogP contribution in [0.2, 0.25) is 0 Å². The second-order valence-electron chi connectivity index (χ2n) is 8.83. The first-order valence-corrected chi connectivity index (χ1v) is 13.0. The average molecular weight is 674 g/mol. The monoisotopic (exact) mass is 672 g/mol. The molecule has 0 bridgehead atoms. The van der Waals surface area contributed by atoms with Gasteiger partial charge in [-0.2, -0.15) is 0 Å². The summed E-state index contributed by atoms with van der Waals surface area (Å²) in [4.78, 5) is 28.7. The molecule has 0 amide bonds. The maximum absolute atomic E-state index is 15.3. The number of aromatic nitrogens is 4. The molecule has 0 aliphatic carbocycles. The fraction of sp³-hybridized carbons (Fsp3) is 0. The van der Waals surface area contributed by atoms with E-state index in [1.807, 2.05) is 0 Å². The molecule has 13 heteroatoms. The van der Waals surface area contributed by atoms with Gasteiger partial charge in [0.1, 0.15) is 22.9 Å². The summed E-state index contributed by atoms with van der Waals surface area (Å²) in [6.07, 6.45) is 2.86. The lowest BCUT2D eigenvalue weighted by molar-refractivity contribution is 0.104. The number of nitrogen functional groups attached to an aromatic ring is 2. The van der Waals surface area contributed by atoms with E-state index in [4.69, 9.17) is 11.5 Å². The number of benzene rings is 2. The molecule has 6 N–H and O–H groups in total. The van der Waals surface area contributed by atoms with E-state index >= 15 is 17.6 Å². The Morgan fingerprint density at radius 1 is 0.700 bits per heavy atom. The maximum atomic E-state index is 15.3. The first-order chi connectivity index (χ1) is 19.1. The van der Waals surface area contributed by atoms with Crippen LogP contribution in [0.5, 0.6) is 0 Å². The van der Waals surface area contributed by atoms with Gasteiger partial charge in [-0.25, -0.2) is 27.5 Å². The highest BCUT2D eigenvalue weighted by Crippen LogP contribution is 2.41. The highest BCUT2D eigenvalue weighted by molar-refractivity contribution is 9.10. The molecule has 0 saturated heterocycles. The number of halogens is 6. The number of carbonyl (C=O) groups is 1. The van der Waals surface area contributed by atoms with Crippen molar-refractivity contribution >= 4 is 71.1 Å². The number of nitrogens with zero attached hydrogens (tertiary/aromatic N) is 2. The molecular formula is C27H14Br2F4N6O. The largest absolute Gasteiger partial charge is 0.396 e. The summed E-state index contributed by atoms with van der Waals surface area (Å²) in [6, 6.07) is 7.10. The molecule has 0 unspecified atom stereocenters. The SMILES string of the molecule is Nc1ccc(F)c(-c2[nH]c3ncc(Br)cc3c2C(=O)c2c(-c3c(F)ccc(N)c3F)[nH]c3ncc(Br)cc23)c1F. The maximum Gasteiger partial charge on any atom is 0.198 e. The van der Waals surface area contributed by atoms with Crippen LogP contribution in [0.25, 0.3) is 44.6 Å². The predicted octanol–water partition coefficient (Wildman–Crippen LogP) is 7.25. The van der Waals surface area contributed by atoms with Crippen LogP contribution in [0.15, 0.2) is 57.7 Å². The molecule has 6 rings (SSSR count). The number of anilines is 2. The Kier molecular flexibility index (Phi) is 6.15. The van der Waals surface area contributed by atoms with Crippen molar-refractivity contribution in [1.29, 1.82) is 0 Å². The van der Waals surface area contributed by atoms with Gasteiger partial charge in [-0.3, -0.25) is 4.79 Å². The quantitative estimate of drug-likeness (QED) is 0.0891. The van der Waals surface area contributed by atoms with E-state index in [9.17, 15) is 4.79 Å². The Balaban J connectivity index is 1.75. The minimum Gasteiger partial charge on any atom is -0.396 e. The summed E-state index contributed by atoms with van der Waals surface area (Å²) in [5.74, 6) is -5.03. The lowest BCUT2D eigenvalue weighted by Gasteiger charge is -2.11. The van der Waals surface area contributed by atoms with Crippen molar-refractivity contribution in [2.45, 2.75) is 0 Å². The highest BCUT2D eigenvalue weighted by atomic mass is 79.9. The van der Waals surface area contributed by atoms with E-state index in [2.05, 4.69) is 51.8 Å². The van der Waals surface area contributed by atoms with E-state index in [1.165, 1.54) is 24.5 Å². The Morgan fingerprint density at radius 3 is 1.50 bits per heavy atom. The third-order valence-electron chi connectivity index (χ3n) is 6.43. The number of hydrogen-bond acceptors (Lipinski definition) is 5. The van der Waals surface area contributed by atoms with Gasteiger partial charge in [-0.05, 0) is 68.3 Å². The van der Waals surface area contributed by atoms with Crippen LogP contribution in [0.4, 0.5) is 28.9 Å². The fourth-order valence-corrected chi connectivity index (χ4v) is 5.32. The van der Waals surface area contributed by atoms with Gasteiger partial charge in [-0.15, -0.1) is 0 Å². The number of ketones is 1. The molecule has 0 aliphatic rings. The molecule has 7 nitrogen and oxygen atoms in total. The second kappa shape index (κ2) is 9.45. The van der Waals surface area contributed by atoms with Gasteiger partial charge in [-0.1, -0.05) is 0 Å². The van der Waals surface area contributed by atoms with E-state index < -0.39 is 40.2 Å². The van der Waals surface area contributed by atoms with Gasteiger partial charge in [0.2, 0.25) is 0 Å². The summed E-state index contributed by atoms with van der Waals surface area (Å²) >= 11 is 6.61. The zero-order valence-electron chi connectivity index (χ0n) is 19.8. The molecular weight excluding hydrogens is 660 g/mol. The van der Waals surface area contributed by atoms with Crippen molar-refractivity contribution in [1.82, 2.24) is 19.9 Å². The molecule has 2 aromatic carbocycles. The summed E-state index contributed by atoms with van der Waals surface area (Å²) < 4.78 is 61.7. The molecule has 0 saturated carbocycles. The number of H-pyrrole nitrogens is 2. The summed E-state index contributed by atoms with van der Waals surface area (Å²) in [7, 11) is 0. The minimum absolute atomic E-state index is 0.129. The first-order valence-electron chi connectivity index (χ1n) is 11.4. The van der Waals surface area contributed by atoms with Crippen LogP contribution in [0.3, 0.4) is 0 Å². The fourth-order valence-electron chi connectivity index (χ4n) is 4.66. The summed E-state index contributed by atoms with van der Waals surface area (Å²) in [5, 5.41) is 0.375. The van der Waals surface area contributed by atoms with Crippen molar-refractivity contribution in [2.75, 3.05) is 11.5 Å². The Hall–Kier alpha value is -4.23. The summed E-state index contributed by atoms with van der Waals surface area (Å²) in [5.41, 5.74) is 8.87. The lowest BCUT2D eigenvalue weighted by Crippen LogP contribution is -2.07. The molecule has 0 spiro atoms. The van der Waals surface area contributed by atoms with Crippen molar-refractivity contribution in [3.8, 4) is 22.5 Å². The standard InChI is InChI=1S/C27H14Br2F4N6O/c28-9-5-11-17(23(38-26(11)36-7-9)19-13(30)1-3-15(34)21(19)32)25(40)18-12-6-10(29)8-37-27(12)39-24(18)20-14(31)2-4-16(35)22(20)33/h1-8H,34-35H2,(H,36,38)(H,37,39). The van der Waals surface area contributed by atoms with Crippen LogP contribution in [0, 0.1) is 23.3 Å². The normalized spacial score (nSPS) is 11.6. The van der Waals surface area contributed by atoms with Gasteiger partial charge < -0.3 is 21.4 Å². The summed E-state index contributed by atoms with van der Waals surface area (Å²) in [6.45, 7) is 0. The van der Waals surface area contributed by atoms with E-state index in [0.29, 0.717) is 8.95 Å². The van der Waals surface area contributed by atoms with Gasteiger partial charge in [0, 0.05) is 32.1 Å². The number of fused-ring (bicyclic) bond motifs is 2. The second-order valence-corrected chi connectivity index (χ2v) is 10.7. The van der Waals surface area contributed by atoms with Crippen LogP contribution in [-0.2, 0) is 0 Å². The molecule has 40 heavy (non-hydrogen) atoms. The number of carbonyl (C=O) groups excluding carboxylic acids is 1. The molecule has 4 aromatic heterocycles. The van der Waals surface area contributed by atoms with E-state index in [0.717, 1.165) is 24.3 Å². The zero-order chi connectivity index (χ0) is 28.5. The topological polar surface area (TPSA) is 126 Å². The third kappa shape index (κ3) is 3.95. The third-order valence-corrected chi connectivity index (χ3v) is 7.30. The zero-order valence-corrected chi connectivity index (χ0v) is 23.0. The molecule has 0 atom stereocenters. The van der Waals surface area contributed by atoms with Crippen LogP contribution in [0.1, 0.15) is 15.9 Å². The average Bonchev–Trinajstić information content (AvgIpc) is 3.46. The van der Waals surface area contributed by atoms with Crippen molar-refractivity contribution in [2.24, 2.45) is 0 Å². The van der Waals surface area contributed by atoms with Crippen molar-refractivity contribution in [3.05, 3.63) is 92.1 Å². The van der Waals surface area contributed by atoms with Gasteiger partial charge in [0.15, 0.2) is 17.4 Å². The Morgan fingerprint density at radius 2 is 1.10 bits per heavy atom. The molecule has 200 valence electrons. The van der Waals surface area contributed by atoms with Gasteiger partial charge in [0.05, 0.1) is 45.0 Å². The number of rotatable bonds is 4. The minimum atomic E-state index is -1.10. The Bertz CT molecular complexity index is 1890. The molecule has 6 aromatic rings. The lowest BCUT2D eigenvalue weighted by atomic mass is 9.93. The van der Waals surface area contributed by atoms with E-state index in [1.54, 1.807) is 0 Å². The van der Waals surface area contributed by atoms with Crippen molar-refractivity contribution in [3.63, 3.8) is 0 Å². The number of aromatic amines is 2. The van der Waals surface area contributed by atoms with Crippen LogP contribution >= 0.6 is 31.9 Å². The van der Waals surface area contributed by atoms with E-state index in [-0.39, 0.29) is 56.0 Å². The predicted molar refractivity (Wildman–Crippen MR) is 151 cm³/mol. The number of nitrogens with one attached hydrogen (secondary N) is 2. The van der Waals surface area contributed by atoms with Crippen LogP contribution in [-0.4, -0.2) is 25.7 Å². The first kappa shape index (κ1) is 26.0. The number of nitrogens with two attached hydrogens (primary N) is 2. The Labute approximate surface area is 238 Å². The number of pyridine rings is 2.